The fraction of sp³-hybridized carbons (Fsp3) is 0.133. The first-order chi connectivity index (χ1) is 9.97. The Bertz CT molecular complexity index is 827. The van der Waals surface area contributed by atoms with Crippen LogP contribution in [-0.2, 0) is 0 Å². The summed E-state index contributed by atoms with van der Waals surface area (Å²) in [6.45, 7) is 1.88. The van der Waals surface area contributed by atoms with Crippen LogP contribution in [0.15, 0.2) is 40.9 Å². The quantitative estimate of drug-likeness (QED) is 0.452. The molecule has 0 amide bonds. The standard InChI is InChI=1S/C15H10BrCl3N2/c1-8(17)15-20-12-5-3-10(18)7-14(12)21(15)13-6-9(16)2-4-11(13)19/h2-8H,1H3. The lowest BCUT2D eigenvalue weighted by atomic mass is 10.2. The molecule has 3 aromatic rings. The van der Waals surface area contributed by atoms with Crippen molar-refractivity contribution < 1.29 is 0 Å². The highest BCUT2D eigenvalue weighted by Gasteiger charge is 2.18. The summed E-state index contributed by atoms with van der Waals surface area (Å²) in [5.41, 5.74) is 2.53. The maximum atomic E-state index is 6.36. The van der Waals surface area contributed by atoms with Gasteiger partial charge in [0.25, 0.3) is 0 Å². The Labute approximate surface area is 145 Å². The largest absolute Gasteiger partial charge is 0.293 e. The molecule has 3 rings (SSSR count). The molecule has 21 heavy (non-hydrogen) atoms. The molecule has 6 heteroatoms. The smallest absolute Gasteiger partial charge is 0.132 e. The van der Waals surface area contributed by atoms with Gasteiger partial charge in [-0.1, -0.05) is 39.1 Å². The first kappa shape index (κ1) is 15.2. The zero-order valence-electron chi connectivity index (χ0n) is 10.9. The molecule has 108 valence electrons. The van der Waals surface area contributed by atoms with Crippen molar-refractivity contribution in [3.8, 4) is 5.69 Å². The van der Waals surface area contributed by atoms with E-state index in [1.54, 1.807) is 0 Å². The number of nitrogens with zero attached hydrogens (tertiary/aromatic N) is 2. The van der Waals surface area contributed by atoms with E-state index in [2.05, 4.69) is 20.9 Å². The number of imidazole rings is 1. The van der Waals surface area contributed by atoms with Crippen molar-refractivity contribution in [2.75, 3.05) is 0 Å². The molecule has 1 atom stereocenters. The number of alkyl halides is 1. The van der Waals surface area contributed by atoms with Crippen LogP contribution >= 0.6 is 50.7 Å². The van der Waals surface area contributed by atoms with Crippen LogP contribution in [0.5, 0.6) is 0 Å². The summed E-state index contributed by atoms with van der Waals surface area (Å²) in [6, 6.07) is 11.2. The number of aromatic nitrogens is 2. The van der Waals surface area contributed by atoms with Crippen molar-refractivity contribution >= 4 is 61.8 Å². The molecule has 1 heterocycles. The predicted octanol–water partition coefficient (Wildman–Crippen LogP) is 6.39. The van der Waals surface area contributed by atoms with Gasteiger partial charge in [0.15, 0.2) is 0 Å². The topological polar surface area (TPSA) is 17.8 Å². The average Bonchev–Trinajstić information content (AvgIpc) is 2.80. The maximum Gasteiger partial charge on any atom is 0.132 e. The SMILES string of the molecule is CC(Cl)c1nc2ccc(Cl)cc2n1-c1cc(Br)ccc1Cl. The van der Waals surface area contributed by atoms with Gasteiger partial charge in [0, 0.05) is 9.50 Å². The van der Waals surface area contributed by atoms with Crippen LogP contribution < -0.4 is 0 Å². The molecule has 0 fully saturated rings. The summed E-state index contributed by atoms with van der Waals surface area (Å²) >= 11 is 22.2. The van der Waals surface area contributed by atoms with E-state index in [1.165, 1.54) is 0 Å². The highest BCUT2D eigenvalue weighted by atomic mass is 79.9. The average molecular weight is 405 g/mol. The molecule has 0 saturated carbocycles. The van der Waals surface area contributed by atoms with E-state index in [0.29, 0.717) is 10.0 Å². The van der Waals surface area contributed by atoms with Crippen LogP contribution in [0.1, 0.15) is 18.1 Å². The van der Waals surface area contributed by atoms with E-state index in [-0.39, 0.29) is 5.38 Å². The van der Waals surface area contributed by atoms with Crippen molar-refractivity contribution in [3.05, 3.63) is 56.7 Å². The van der Waals surface area contributed by atoms with Gasteiger partial charge in [0.1, 0.15) is 5.82 Å². The molecule has 1 unspecified atom stereocenters. The van der Waals surface area contributed by atoms with Gasteiger partial charge in [-0.25, -0.2) is 4.98 Å². The third-order valence-electron chi connectivity index (χ3n) is 3.15. The lowest BCUT2D eigenvalue weighted by Gasteiger charge is -2.13. The van der Waals surface area contributed by atoms with Gasteiger partial charge in [-0.3, -0.25) is 4.57 Å². The molecular weight excluding hydrogens is 394 g/mol. The molecule has 2 nitrogen and oxygen atoms in total. The van der Waals surface area contributed by atoms with Crippen molar-refractivity contribution in [2.45, 2.75) is 12.3 Å². The Morgan fingerprint density at radius 1 is 1.14 bits per heavy atom. The molecular formula is C15H10BrCl3N2. The van der Waals surface area contributed by atoms with E-state index >= 15 is 0 Å². The molecule has 0 radical (unpaired) electrons. The summed E-state index contributed by atoms with van der Waals surface area (Å²) in [5, 5.41) is 1.01. The molecule has 0 bridgehead atoms. The Morgan fingerprint density at radius 2 is 1.90 bits per heavy atom. The maximum absolute atomic E-state index is 6.36. The van der Waals surface area contributed by atoms with Crippen LogP contribution in [0.3, 0.4) is 0 Å². The Morgan fingerprint density at radius 3 is 2.62 bits per heavy atom. The van der Waals surface area contributed by atoms with Gasteiger partial charge in [0.05, 0.1) is 27.1 Å². The lowest BCUT2D eigenvalue weighted by molar-refractivity contribution is 0.882. The number of benzene rings is 2. The summed E-state index contributed by atoms with van der Waals surface area (Å²) in [4.78, 5) is 4.60. The molecule has 0 spiro atoms. The van der Waals surface area contributed by atoms with Crippen LogP contribution in [-0.4, -0.2) is 9.55 Å². The van der Waals surface area contributed by atoms with E-state index in [1.807, 2.05) is 47.9 Å². The van der Waals surface area contributed by atoms with Gasteiger partial charge in [-0.05, 0) is 43.3 Å². The normalized spacial score (nSPS) is 12.8. The molecule has 1 aromatic heterocycles. The van der Waals surface area contributed by atoms with E-state index in [9.17, 15) is 0 Å². The van der Waals surface area contributed by atoms with Gasteiger partial charge < -0.3 is 0 Å². The van der Waals surface area contributed by atoms with Crippen molar-refractivity contribution in [3.63, 3.8) is 0 Å². The molecule has 0 N–H and O–H groups in total. The zero-order chi connectivity index (χ0) is 15.1. The Kier molecular flexibility index (Phi) is 4.19. The van der Waals surface area contributed by atoms with Crippen LogP contribution in [0.25, 0.3) is 16.7 Å². The lowest BCUT2D eigenvalue weighted by Crippen LogP contribution is -2.02. The van der Waals surface area contributed by atoms with Crippen LogP contribution in [0.4, 0.5) is 0 Å². The van der Waals surface area contributed by atoms with Gasteiger partial charge >= 0.3 is 0 Å². The molecule has 0 aliphatic heterocycles. The Balaban J connectivity index is 2.41. The monoisotopic (exact) mass is 402 g/mol. The van der Waals surface area contributed by atoms with E-state index < -0.39 is 0 Å². The fourth-order valence-corrected chi connectivity index (χ4v) is 3.11. The minimum atomic E-state index is -0.258. The summed E-state index contributed by atoms with van der Waals surface area (Å²) in [6.07, 6.45) is 0. The Hall–Kier alpha value is -0.740. The molecule has 0 aliphatic rings. The fourth-order valence-electron chi connectivity index (χ4n) is 2.24. The first-order valence-corrected chi connectivity index (χ1v) is 8.23. The van der Waals surface area contributed by atoms with Crippen LogP contribution in [0.2, 0.25) is 10.0 Å². The summed E-state index contributed by atoms with van der Waals surface area (Å²) in [5.74, 6) is 0.730. The molecule has 0 aliphatic carbocycles. The van der Waals surface area contributed by atoms with Gasteiger partial charge in [-0.15, -0.1) is 11.6 Å². The first-order valence-electron chi connectivity index (χ1n) is 6.25. The third kappa shape index (κ3) is 2.80. The summed E-state index contributed by atoms with van der Waals surface area (Å²) < 4.78 is 2.88. The van der Waals surface area contributed by atoms with Crippen LogP contribution in [0, 0.1) is 0 Å². The number of halogens is 4. The van der Waals surface area contributed by atoms with Gasteiger partial charge in [0.2, 0.25) is 0 Å². The molecule has 2 aromatic carbocycles. The minimum absolute atomic E-state index is 0.258. The number of hydrogen-bond acceptors (Lipinski definition) is 1. The number of rotatable bonds is 2. The zero-order valence-corrected chi connectivity index (χ0v) is 14.8. The molecule has 0 saturated heterocycles. The van der Waals surface area contributed by atoms with Crippen molar-refractivity contribution in [1.29, 1.82) is 0 Å². The summed E-state index contributed by atoms with van der Waals surface area (Å²) in [7, 11) is 0. The van der Waals surface area contributed by atoms with Crippen molar-refractivity contribution in [1.82, 2.24) is 9.55 Å². The highest BCUT2D eigenvalue weighted by molar-refractivity contribution is 9.10. The second-order valence-electron chi connectivity index (χ2n) is 4.65. The predicted molar refractivity (Wildman–Crippen MR) is 93.1 cm³/mol. The highest BCUT2D eigenvalue weighted by Crippen LogP contribution is 2.33. The van der Waals surface area contributed by atoms with Gasteiger partial charge in [-0.2, -0.15) is 0 Å². The number of hydrogen-bond donors (Lipinski definition) is 0. The number of fused-ring (bicyclic) bond motifs is 1. The van der Waals surface area contributed by atoms with E-state index in [0.717, 1.165) is 27.0 Å². The van der Waals surface area contributed by atoms with Crippen molar-refractivity contribution in [2.24, 2.45) is 0 Å². The second kappa shape index (κ2) is 5.81. The minimum Gasteiger partial charge on any atom is -0.293 e. The third-order valence-corrected chi connectivity index (χ3v) is 4.39. The van der Waals surface area contributed by atoms with E-state index in [4.69, 9.17) is 34.8 Å². The second-order valence-corrected chi connectivity index (χ2v) is 7.06.